The van der Waals surface area contributed by atoms with Crippen LogP contribution in [0.2, 0.25) is 0 Å². The van der Waals surface area contributed by atoms with E-state index in [1.54, 1.807) is 30.9 Å². The van der Waals surface area contributed by atoms with Gasteiger partial charge in [-0.1, -0.05) is 12.1 Å². The minimum atomic E-state index is -0.255. The Labute approximate surface area is 183 Å². The molecule has 0 radical (unpaired) electrons. The number of benzene rings is 2. The third-order valence-electron chi connectivity index (χ3n) is 5.73. The molecular formula is C26H18FN5. The normalized spacial score (nSPS) is 11.4. The van der Waals surface area contributed by atoms with Gasteiger partial charge in [-0.05, 0) is 71.6 Å². The van der Waals surface area contributed by atoms with E-state index < -0.39 is 0 Å². The molecule has 2 N–H and O–H groups in total. The van der Waals surface area contributed by atoms with Gasteiger partial charge in [0.2, 0.25) is 0 Å². The molecule has 4 heterocycles. The van der Waals surface area contributed by atoms with E-state index in [4.69, 9.17) is 0 Å². The SMILES string of the molecule is Cc1cc(F)cc(-c2cncc3[nH]c(-c4n[nH]c5ccc(-c6ccncc6)cc45)cc23)c1. The molecule has 0 aliphatic heterocycles. The van der Waals surface area contributed by atoms with Crippen LogP contribution in [0.5, 0.6) is 0 Å². The van der Waals surface area contributed by atoms with Crippen LogP contribution in [0.15, 0.2) is 79.4 Å². The van der Waals surface area contributed by atoms with Crippen molar-refractivity contribution in [3.8, 4) is 33.6 Å². The number of aromatic amines is 2. The summed E-state index contributed by atoms with van der Waals surface area (Å²) in [4.78, 5) is 11.9. The summed E-state index contributed by atoms with van der Waals surface area (Å²) < 4.78 is 14.0. The van der Waals surface area contributed by atoms with E-state index in [0.29, 0.717) is 0 Å². The maximum Gasteiger partial charge on any atom is 0.124 e. The lowest BCUT2D eigenvalue weighted by molar-refractivity contribution is 0.627. The molecule has 32 heavy (non-hydrogen) atoms. The van der Waals surface area contributed by atoms with Crippen molar-refractivity contribution in [1.82, 2.24) is 25.1 Å². The second kappa shape index (κ2) is 7.13. The molecule has 6 heteroatoms. The number of hydrogen-bond acceptors (Lipinski definition) is 3. The van der Waals surface area contributed by atoms with Crippen LogP contribution in [0.3, 0.4) is 0 Å². The Balaban J connectivity index is 1.52. The molecule has 0 aliphatic carbocycles. The van der Waals surface area contributed by atoms with Crippen molar-refractivity contribution in [2.24, 2.45) is 0 Å². The van der Waals surface area contributed by atoms with Crippen molar-refractivity contribution < 1.29 is 4.39 Å². The highest BCUT2D eigenvalue weighted by molar-refractivity contribution is 6.01. The lowest BCUT2D eigenvalue weighted by Gasteiger charge is -2.05. The molecule has 4 aromatic heterocycles. The Morgan fingerprint density at radius 3 is 2.47 bits per heavy atom. The minimum Gasteiger partial charge on any atom is -0.352 e. The van der Waals surface area contributed by atoms with Gasteiger partial charge in [-0.25, -0.2) is 4.39 Å². The predicted molar refractivity (Wildman–Crippen MR) is 125 cm³/mol. The van der Waals surface area contributed by atoms with E-state index in [0.717, 1.165) is 61.0 Å². The molecule has 0 amide bonds. The number of nitrogens with one attached hydrogen (secondary N) is 2. The number of aryl methyl sites for hydroxylation is 1. The molecule has 0 saturated carbocycles. The van der Waals surface area contributed by atoms with Gasteiger partial charge < -0.3 is 4.98 Å². The highest BCUT2D eigenvalue weighted by atomic mass is 19.1. The number of aromatic nitrogens is 5. The molecule has 6 aromatic rings. The summed E-state index contributed by atoms with van der Waals surface area (Å²) in [6, 6.07) is 17.3. The average Bonchev–Trinajstić information content (AvgIpc) is 3.42. The molecule has 0 bridgehead atoms. The van der Waals surface area contributed by atoms with Crippen molar-refractivity contribution in [2.75, 3.05) is 0 Å². The summed E-state index contributed by atoms with van der Waals surface area (Å²) in [5, 5.41) is 9.69. The van der Waals surface area contributed by atoms with Crippen LogP contribution >= 0.6 is 0 Å². The van der Waals surface area contributed by atoms with Gasteiger partial charge in [-0.3, -0.25) is 15.1 Å². The van der Waals surface area contributed by atoms with Crippen molar-refractivity contribution in [2.45, 2.75) is 6.92 Å². The smallest absolute Gasteiger partial charge is 0.124 e. The average molecular weight is 419 g/mol. The van der Waals surface area contributed by atoms with Crippen molar-refractivity contribution in [3.05, 3.63) is 90.8 Å². The zero-order chi connectivity index (χ0) is 21.7. The van der Waals surface area contributed by atoms with Crippen LogP contribution in [0, 0.1) is 12.7 Å². The van der Waals surface area contributed by atoms with Crippen LogP contribution in [-0.4, -0.2) is 25.1 Å². The zero-order valence-corrected chi connectivity index (χ0v) is 17.2. The second-order valence-corrected chi connectivity index (χ2v) is 7.92. The quantitative estimate of drug-likeness (QED) is 0.354. The maximum absolute atomic E-state index is 14.0. The Kier molecular flexibility index (Phi) is 4.11. The first-order valence-electron chi connectivity index (χ1n) is 10.3. The second-order valence-electron chi connectivity index (χ2n) is 7.92. The molecule has 0 fully saturated rings. The first-order chi connectivity index (χ1) is 15.7. The fraction of sp³-hybridized carbons (Fsp3) is 0.0385. The molecule has 0 aliphatic rings. The largest absolute Gasteiger partial charge is 0.352 e. The maximum atomic E-state index is 14.0. The Bertz CT molecular complexity index is 1580. The topological polar surface area (TPSA) is 70.2 Å². The number of halogens is 1. The number of fused-ring (bicyclic) bond motifs is 2. The number of H-pyrrole nitrogens is 2. The fourth-order valence-corrected chi connectivity index (χ4v) is 4.24. The zero-order valence-electron chi connectivity index (χ0n) is 17.2. The Morgan fingerprint density at radius 2 is 1.62 bits per heavy atom. The van der Waals surface area contributed by atoms with Crippen molar-refractivity contribution in [3.63, 3.8) is 0 Å². The van der Waals surface area contributed by atoms with Gasteiger partial charge in [-0.15, -0.1) is 0 Å². The highest BCUT2D eigenvalue weighted by Gasteiger charge is 2.15. The fourth-order valence-electron chi connectivity index (χ4n) is 4.24. The van der Waals surface area contributed by atoms with Gasteiger partial charge in [-0.2, -0.15) is 5.10 Å². The molecule has 0 spiro atoms. The molecule has 0 saturated heterocycles. The summed E-state index contributed by atoms with van der Waals surface area (Å²) in [5.41, 5.74) is 8.28. The molecule has 6 rings (SSSR count). The summed E-state index contributed by atoms with van der Waals surface area (Å²) in [6.07, 6.45) is 7.14. The van der Waals surface area contributed by atoms with Crippen LogP contribution in [0.1, 0.15) is 5.56 Å². The van der Waals surface area contributed by atoms with E-state index in [2.05, 4.69) is 43.3 Å². The van der Waals surface area contributed by atoms with Gasteiger partial charge in [0.15, 0.2) is 0 Å². The molecule has 0 unspecified atom stereocenters. The summed E-state index contributed by atoms with van der Waals surface area (Å²) in [5.74, 6) is -0.255. The molecule has 154 valence electrons. The van der Waals surface area contributed by atoms with Crippen LogP contribution in [0.4, 0.5) is 4.39 Å². The highest BCUT2D eigenvalue weighted by Crippen LogP contribution is 2.35. The third-order valence-corrected chi connectivity index (χ3v) is 5.73. The molecular weight excluding hydrogens is 401 g/mol. The number of rotatable bonds is 3. The van der Waals surface area contributed by atoms with Crippen LogP contribution < -0.4 is 0 Å². The van der Waals surface area contributed by atoms with E-state index in [9.17, 15) is 4.39 Å². The lowest BCUT2D eigenvalue weighted by Crippen LogP contribution is -1.85. The Morgan fingerprint density at radius 1 is 0.750 bits per heavy atom. The standard InChI is InChI=1S/C26H18FN5/c1-15-8-18(10-19(27)9-15)22-13-29-14-25-20(22)12-24(30-25)26-21-11-17(2-3-23(21)31-32-26)16-4-6-28-7-5-16/h2-14,30H,1H3,(H,31,32). The van der Waals surface area contributed by atoms with E-state index in [1.807, 2.05) is 31.2 Å². The Hall–Kier alpha value is -4.32. The molecule has 2 aromatic carbocycles. The van der Waals surface area contributed by atoms with E-state index >= 15 is 0 Å². The van der Waals surface area contributed by atoms with Gasteiger partial charge in [0, 0.05) is 34.9 Å². The van der Waals surface area contributed by atoms with Gasteiger partial charge in [0.05, 0.1) is 22.9 Å². The monoisotopic (exact) mass is 419 g/mol. The lowest BCUT2D eigenvalue weighted by atomic mass is 10.0. The number of nitrogens with zero attached hydrogens (tertiary/aromatic N) is 3. The predicted octanol–water partition coefficient (Wildman–Crippen LogP) is 6.28. The summed E-state index contributed by atoms with van der Waals surface area (Å²) in [7, 11) is 0. The van der Waals surface area contributed by atoms with Crippen molar-refractivity contribution >= 4 is 21.8 Å². The van der Waals surface area contributed by atoms with E-state index in [1.165, 1.54) is 6.07 Å². The first-order valence-corrected chi connectivity index (χ1v) is 10.3. The summed E-state index contributed by atoms with van der Waals surface area (Å²) >= 11 is 0. The van der Waals surface area contributed by atoms with Gasteiger partial charge in [0.1, 0.15) is 11.5 Å². The number of pyridine rings is 2. The third kappa shape index (κ3) is 3.04. The first kappa shape index (κ1) is 18.4. The van der Waals surface area contributed by atoms with Gasteiger partial charge >= 0.3 is 0 Å². The van der Waals surface area contributed by atoms with Crippen LogP contribution in [0.25, 0.3) is 55.4 Å². The van der Waals surface area contributed by atoms with Gasteiger partial charge in [0.25, 0.3) is 0 Å². The van der Waals surface area contributed by atoms with Crippen molar-refractivity contribution in [1.29, 1.82) is 0 Å². The van der Waals surface area contributed by atoms with E-state index in [-0.39, 0.29) is 5.82 Å². The minimum absolute atomic E-state index is 0.255. The summed E-state index contributed by atoms with van der Waals surface area (Å²) in [6.45, 7) is 1.89. The van der Waals surface area contributed by atoms with Crippen LogP contribution in [-0.2, 0) is 0 Å². The number of hydrogen-bond donors (Lipinski definition) is 2. The molecule has 5 nitrogen and oxygen atoms in total. The molecule has 0 atom stereocenters.